The molecular weight excluding hydrogens is 372 g/mol. The van der Waals surface area contributed by atoms with Gasteiger partial charge in [-0.3, -0.25) is 4.90 Å². The smallest absolute Gasteiger partial charge is 0.241 e. The highest BCUT2D eigenvalue weighted by molar-refractivity contribution is 5.60. The fourth-order valence-corrected chi connectivity index (χ4v) is 3.48. The van der Waals surface area contributed by atoms with Crippen LogP contribution in [0, 0.1) is 0 Å². The minimum absolute atomic E-state index is 0.317. The van der Waals surface area contributed by atoms with E-state index in [9.17, 15) is 5.11 Å². The number of rotatable bonds is 6. The van der Waals surface area contributed by atoms with Gasteiger partial charge in [-0.1, -0.05) is 17.3 Å². The molecule has 1 N–H and O–H groups in total. The fraction of sp³-hybridized carbons (Fsp3) is 0.333. The summed E-state index contributed by atoms with van der Waals surface area (Å²) in [6.45, 7) is 3.95. The minimum Gasteiger partial charge on any atom is -0.506 e. The van der Waals surface area contributed by atoms with Gasteiger partial charge in [-0.15, -0.1) is 0 Å². The zero-order chi connectivity index (χ0) is 20.2. The molecule has 0 atom stereocenters. The number of phenols is 1. The zero-order valence-electron chi connectivity index (χ0n) is 16.5. The van der Waals surface area contributed by atoms with E-state index in [0.717, 1.165) is 37.4 Å². The van der Waals surface area contributed by atoms with Gasteiger partial charge in [-0.05, 0) is 30.3 Å². The summed E-state index contributed by atoms with van der Waals surface area (Å²) in [5, 5.41) is 14.1. The number of para-hydroxylation sites is 2. The molecule has 152 valence electrons. The summed E-state index contributed by atoms with van der Waals surface area (Å²) in [5.41, 5.74) is 1.68. The third kappa shape index (κ3) is 4.12. The van der Waals surface area contributed by atoms with Crippen LogP contribution in [0.1, 0.15) is 5.89 Å². The van der Waals surface area contributed by atoms with Gasteiger partial charge in [0.25, 0.3) is 0 Å². The van der Waals surface area contributed by atoms with Crippen molar-refractivity contribution in [2.75, 3.05) is 45.3 Å². The van der Waals surface area contributed by atoms with Crippen LogP contribution < -0.4 is 14.4 Å². The Morgan fingerprint density at radius 1 is 1.00 bits per heavy atom. The van der Waals surface area contributed by atoms with Gasteiger partial charge in [-0.2, -0.15) is 4.98 Å². The van der Waals surface area contributed by atoms with Crippen molar-refractivity contribution in [3.63, 3.8) is 0 Å². The maximum atomic E-state index is 10.0. The number of phenolic OH excluding ortho intramolecular Hbond substituents is 1. The van der Waals surface area contributed by atoms with E-state index in [4.69, 9.17) is 14.0 Å². The number of piperazine rings is 1. The Labute approximate surface area is 169 Å². The summed E-state index contributed by atoms with van der Waals surface area (Å²) < 4.78 is 16.1. The van der Waals surface area contributed by atoms with Crippen LogP contribution in [0.5, 0.6) is 17.2 Å². The van der Waals surface area contributed by atoms with E-state index < -0.39 is 0 Å². The molecule has 0 radical (unpaired) electrons. The van der Waals surface area contributed by atoms with Gasteiger partial charge in [0.15, 0.2) is 11.5 Å². The topological polar surface area (TPSA) is 84.1 Å². The van der Waals surface area contributed by atoms with Gasteiger partial charge >= 0.3 is 0 Å². The molecule has 0 aliphatic carbocycles. The molecule has 1 aromatic heterocycles. The van der Waals surface area contributed by atoms with Crippen molar-refractivity contribution in [2.45, 2.75) is 6.54 Å². The van der Waals surface area contributed by atoms with Crippen molar-refractivity contribution in [3.05, 3.63) is 48.4 Å². The summed E-state index contributed by atoms with van der Waals surface area (Å²) in [6.07, 6.45) is 0. The monoisotopic (exact) mass is 396 g/mol. The lowest BCUT2D eigenvalue weighted by atomic mass is 10.2. The van der Waals surface area contributed by atoms with Crippen LogP contribution in [0.2, 0.25) is 0 Å². The highest BCUT2D eigenvalue weighted by Crippen LogP contribution is 2.31. The second kappa shape index (κ2) is 8.40. The molecule has 0 unspecified atom stereocenters. The second-order valence-electron chi connectivity index (χ2n) is 6.83. The van der Waals surface area contributed by atoms with E-state index in [1.165, 1.54) is 0 Å². The summed E-state index contributed by atoms with van der Waals surface area (Å²) in [7, 11) is 3.20. The van der Waals surface area contributed by atoms with Gasteiger partial charge in [0.05, 0.1) is 26.5 Å². The molecule has 2 aromatic carbocycles. The Kier molecular flexibility index (Phi) is 5.53. The quantitative estimate of drug-likeness (QED) is 0.681. The number of methoxy groups -OCH3 is 2. The van der Waals surface area contributed by atoms with Crippen molar-refractivity contribution in [1.29, 1.82) is 0 Å². The van der Waals surface area contributed by atoms with E-state index in [2.05, 4.69) is 19.9 Å². The van der Waals surface area contributed by atoms with Crippen LogP contribution >= 0.6 is 0 Å². The van der Waals surface area contributed by atoms with E-state index in [1.54, 1.807) is 20.3 Å². The molecule has 3 aromatic rings. The second-order valence-corrected chi connectivity index (χ2v) is 6.83. The first kappa shape index (κ1) is 19.1. The molecule has 29 heavy (non-hydrogen) atoms. The largest absolute Gasteiger partial charge is 0.506 e. The summed E-state index contributed by atoms with van der Waals surface area (Å²) in [4.78, 5) is 8.98. The van der Waals surface area contributed by atoms with Crippen LogP contribution in [-0.4, -0.2) is 60.5 Å². The molecule has 1 fully saturated rings. The van der Waals surface area contributed by atoms with E-state index in [-0.39, 0.29) is 0 Å². The van der Waals surface area contributed by atoms with E-state index in [1.807, 2.05) is 36.4 Å². The highest BCUT2D eigenvalue weighted by atomic mass is 16.5. The fourth-order valence-electron chi connectivity index (χ4n) is 3.48. The number of ether oxygens (including phenoxy) is 2. The van der Waals surface area contributed by atoms with E-state index >= 15 is 0 Å². The highest BCUT2D eigenvalue weighted by Gasteiger charge is 2.21. The van der Waals surface area contributed by atoms with Crippen molar-refractivity contribution in [2.24, 2.45) is 0 Å². The number of nitrogens with zero attached hydrogens (tertiary/aromatic N) is 4. The van der Waals surface area contributed by atoms with Crippen LogP contribution in [0.25, 0.3) is 11.4 Å². The number of anilines is 1. The Morgan fingerprint density at radius 2 is 1.76 bits per heavy atom. The van der Waals surface area contributed by atoms with Crippen LogP contribution in [0.3, 0.4) is 0 Å². The lowest BCUT2D eigenvalue weighted by molar-refractivity contribution is 0.215. The van der Waals surface area contributed by atoms with Crippen molar-refractivity contribution < 1.29 is 19.1 Å². The molecule has 0 spiro atoms. The van der Waals surface area contributed by atoms with Gasteiger partial charge < -0.3 is 24.0 Å². The molecule has 0 amide bonds. The molecule has 0 saturated carbocycles. The zero-order valence-corrected chi connectivity index (χ0v) is 16.5. The van der Waals surface area contributed by atoms with Gasteiger partial charge in [0, 0.05) is 31.7 Å². The first-order valence-electron chi connectivity index (χ1n) is 9.48. The van der Waals surface area contributed by atoms with Crippen LogP contribution in [0.15, 0.2) is 47.0 Å². The summed E-state index contributed by atoms with van der Waals surface area (Å²) in [6, 6.07) is 13.0. The third-order valence-electron chi connectivity index (χ3n) is 5.06. The molecule has 1 saturated heterocycles. The molecule has 2 heterocycles. The molecule has 1 aliphatic rings. The van der Waals surface area contributed by atoms with Gasteiger partial charge in [0.1, 0.15) is 5.75 Å². The van der Waals surface area contributed by atoms with Crippen molar-refractivity contribution in [1.82, 2.24) is 15.0 Å². The number of aromatic nitrogens is 2. The molecular formula is C21H24N4O4. The molecule has 0 bridgehead atoms. The first-order valence-corrected chi connectivity index (χ1v) is 9.48. The number of hydrogen-bond donors (Lipinski definition) is 1. The SMILES string of the molecule is COc1ccc(-c2noc(CN3CCN(c4ccccc4O)CC3)n2)cc1OC. The lowest BCUT2D eigenvalue weighted by Gasteiger charge is -2.35. The van der Waals surface area contributed by atoms with Gasteiger partial charge in [0.2, 0.25) is 11.7 Å². The maximum absolute atomic E-state index is 10.0. The predicted molar refractivity (Wildman–Crippen MR) is 108 cm³/mol. The van der Waals surface area contributed by atoms with Crippen molar-refractivity contribution >= 4 is 5.69 Å². The average Bonchev–Trinajstić information content (AvgIpc) is 3.23. The lowest BCUT2D eigenvalue weighted by Crippen LogP contribution is -2.46. The summed E-state index contributed by atoms with van der Waals surface area (Å²) >= 11 is 0. The molecule has 4 rings (SSSR count). The molecule has 8 nitrogen and oxygen atoms in total. The molecule has 1 aliphatic heterocycles. The Hall–Kier alpha value is -3.26. The predicted octanol–water partition coefficient (Wildman–Crippen LogP) is 2.78. The standard InChI is InChI=1S/C21H24N4O4/c1-27-18-8-7-15(13-19(18)28-2)21-22-20(29-23-21)14-24-9-11-25(12-10-24)16-5-3-4-6-17(16)26/h3-8,13,26H,9-12,14H2,1-2H3. The first-order chi connectivity index (χ1) is 14.2. The third-order valence-corrected chi connectivity index (χ3v) is 5.06. The van der Waals surface area contributed by atoms with Crippen LogP contribution in [0.4, 0.5) is 5.69 Å². The number of benzene rings is 2. The van der Waals surface area contributed by atoms with Gasteiger partial charge in [-0.25, -0.2) is 0 Å². The minimum atomic E-state index is 0.317. The van der Waals surface area contributed by atoms with Crippen molar-refractivity contribution in [3.8, 4) is 28.6 Å². The normalized spacial score (nSPS) is 14.8. The Balaban J connectivity index is 1.38. The average molecular weight is 396 g/mol. The van der Waals surface area contributed by atoms with E-state index in [0.29, 0.717) is 35.5 Å². The Bertz CT molecular complexity index is 967. The Morgan fingerprint density at radius 3 is 2.48 bits per heavy atom. The summed E-state index contributed by atoms with van der Waals surface area (Å²) in [5.74, 6) is 2.69. The van der Waals surface area contributed by atoms with Crippen LogP contribution in [-0.2, 0) is 6.54 Å². The number of aromatic hydroxyl groups is 1. The maximum Gasteiger partial charge on any atom is 0.241 e. The number of hydrogen-bond acceptors (Lipinski definition) is 8. The molecule has 8 heteroatoms.